The smallest absolute Gasteiger partial charge is 0.317 e. The summed E-state index contributed by atoms with van der Waals surface area (Å²) in [6, 6.07) is 14.1. The van der Waals surface area contributed by atoms with Gasteiger partial charge < -0.3 is 15.1 Å². The molecule has 0 atom stereocenters. The van der Waals surface area contributed by atoms with E-state index in [4.69, 9.17) is 11.6 Å². The van der Waals surface area contributed by atoms with Gasteiger partial charge in [-0.05, 0) is 48.7 Å². The molecule has 5 heteroatoms. The molecule has 0 bridgehead atoms. The molecule has 3 rings (SSSR count). The Morgan fingerprint density at radius 1 is 1.04 bits per heavy atom. The normalized spacial score (nSPS) is 14.5. The van der Waals surface area contributed by atoms with Crippen LogP contribution in [0.4, 0.5) is 10.5 Å². The molecule has 1 aliphatic heterocycles. The number of hydrogen-bond acceptors (Lipinski definition) is 2. The van der Waals surface area contributed by atoms with Gasteiger partial charge in [0.1, 0.15) is 0 Å². The molecular formula is C20H24ClN3O. The van der Waals surface area contributed by atoms with Crippen molar-refractivity contribution in [3.8, 4) is 0 Å². The highest BCUT2D eigenvalue weighted by molar-refractivity contribution is 6.31. The Hall–Kier alpha value is -2.20. The van der Waals surface area contributed by atoms with E-state index >= 15 is 0 Å². The lowest BCUT2D eigenvalue weighted by Crippen LogP contribution is -2.51. The summed E-state index contributed by atoms with van der Waals surface area (Å²) < 4.78 is 0. The van der Waals surface area contributed by atoms with Gasteiger partial charge in [-0.25, -0.2) is 4.79 Å². The lowest BCUT2D eigenvalue weighted by molar-refractivity contribution is 0.194. The molecule has 4 nitrogen and oxygen atoms in total. The molecule has 0 spiro atoms. The summed E-state index contributed by atoms with van der Waals surface area (Å²) in [5, 5.41) is 3.65. The van der Waals surface area contributed by atoms with E-state index in [0.29, 0.717) is 11.6 Å². The molecule has 2 aromatic carbocycles. The maximum absolute atomic E-state index is 12.4. The van der Waals surface area contributed by atoms with Gasteiger partial charge in [-0.15, -0.1) is 0 Å². The number of anilines is 1. The first kappa shape index (κ1) is 17.6. The van der Waals surface area contributed by atoms with Crippen LogP contribution in [-0.2, 0) is 6.54 Å². The first-order chi connectivity index (χ1) is 12.0. The zero-order valence-electron chi connectivity index (χ0n) is 14.8. The third kappa shape index (κ3) is 4.26. The molecule has 0 aliphatic carbocycles. The van der Waals surface area contributed by atoms with Crippen LogP contribution in [0.5, 0.6) is 0 Å². The largest absolute Gasteiger partial charge is 0.368 e. The van der Waals surface area contributed by atoms with Gasteiger partial charge in [0, 0.05) is 43.4 Å². The summed E-state index contributed by atoms with van der Waals surface area (Å²) in [5.74, 6) is 0. The minimum Gasteiger partial charge on any atom is -0.368 e. The molecule has 0 radical (unpaired) electrons. The van der Waals surface area contributed by atoms with Crippen molar-refractivity contribution in [2.45, 2.75) is 20.4 Å². The van der Waals surface area contributed by atoms with E-state index in [0.717, 1.165) is 31.7 Å². The number of carbonyl (C=O) groups is 1. The molecule has 2 amide bonds. The number of halogens is 1. The van der Waals surface area contributed by atoms with Crippen LogP contribution in [0.15, 0.2) is 42.5 Å². The Labute approximate surface area is 154 Å². The molecule has 0 aromatic heterocycles. The molecular weight excluding hydrogens is 334 g/mol. The van der Waals surface area contributed by atoms with Gasteiger partial charge in [0.15, 0.2) is 0 Å². The van der Waals surface area contributed by atoms with E-state index in [2.05, 4.69) is 42.3 Å². The number of aryl methyl sites for hydroxylation is 2. The molecule has 1 heterocycles. The van der Waals surface area contributed by atoms with Crippen molar-refractivity contribution >= 4 is 23.3 Å². The zero-order valence-corrected chi connectivity index (χ0v) is 15.5. The van der Waals surface area contributed by atoms with Crippen LogP contribution in [0.1, 0.15) is 16.7 Å². The second kappa shape index (κ2) is 7.79. The van der Waals surface area contributed by atoms with Crippen LogP contribution in [0.2, 0.25) is 5.02 Å². The summed E-state index contributed by atoms with van der Waals surface area (Å²) in [5.41, 5.74) is 4.78. The number of nitrogens with one attached hydrogen (secondary N) is 1. The monoisotopic (exact) mass is 357 g/mol. The zero-order chi connectivity index (χ0) is 17.8. The fourth-order valence-electron chi connectivity index (χ4n) is 3.01. The van der Waals surface area contributed by atoms with E-state index < -0.39 is 0 Å². The van der Waals surface area contributed by atoms with Crippen molar-refractivity contribution in [1.82, 2.24) is 10.2 Å². The number of hydrogen-bond donors (Lipinski definition) is 1. The van der Waals surface area contributed by atoms with Gasteiger partial charge in [0.05, 0.1) is 0 Å². The van der Waals surface area contributed by atoms with Crippen molar-refractivity contribution in [3.63, 3.8) is 0 Å². The SMILES string of the molecule is Cc1ccc(N2CCN(C(=O)NCc3ccccc3Cl)CC2)cc1C. The third-order valence-electron chi connectivity index (χ3n) is 4.81. The number of rotatable bonds is 3. The highest BCUT2D eigenvalue weighted by atomic mass is 35.5. The average molecular weight is 358 g/mol. The number of urea groups is 1. The summed E-state index contributed by atoms with van der Waals surface area (Å²) in [6.07, 6.45) is 0. The summed E-state index contributed by atoms with van der Waals surface area (Å²) in [7, 11) is 0. The van der Waals surface area contributed by atoms with Gasteiger partial charge in [0.25, 0.3) is 0 Å². The van der Waals surface area contributed by atoms with Crippen molar-refractivity contribution < 1.29 is 4.79 Å². The van der Waals surface area contributed by atoms with Gasteiger partial charge in [-0.1, -0.05) is 35.9 Å². The minimum atomic E-state index is -0.0281. The van der Waals surface area contributed by atoms with Crippen LogP contribution in [0.3, 0.4) is 0 Å². The maximum atomic E-state index is 12.4. The Morgan fingerprint density at radius 2 is 1.76 bits per heavy atom. The third-order valence-corrected chi connectivity index (χ3v) is 5.18. The number of benzene rings is 2. The van der Waals surface area contributed by atoms with Crippen molar-refractivity contribution in [2.75, 3.05) is 31.1 Å². The fourth-order valence-corrected chi connectivity index (χ4v) is 3.22. The molecule has 1 aliphatic rings. The van der Waals surface area contributed by atoms with E-state index in [1.54, 1.807) is 0 Å². The Bertz CT molecular complexity index is 754. The van der Waals surface area contributed by atoms with Crippen molar-refractivity contribution in [1.29, 1.82) is 0 Å². The van der Waals surface area contributed by atoms with E-state index in [1.807, 2.05) is 29.2 Å². The van der Waals surface area contributed by atoms with Crippen LogP contribution in [0.25, 0.3) is 0 Å². The molecule has 2 aromatic rings. The number of piperazine rings is 1. The van der Waals surface area contributed by atoms with Crippen molar-refractivity contribution in [2.24, 2.45) is 0 Å². The molecule has 0 unspecified atom stereocenters. The second-order valence-electron chi connectivity index (χ2n) is 6.49. The highest BCUT2D eigenvalue weighted by Crippen LogP contribution is 2.20. The lowest BCUT2D eigenvalue weighted by atomic mass is 10.1. The maximum Gasteiger partial charge on any atom is 0.317 e. The molecule has 1 N–H and O–H groups in total. The summed E-state index contributed by atoms with van der Waals surface area (Å²) in [6.45, 7) is 7.86. The first-order valence-electron chi connectivity index (χ1n) is 8.63. The Balaban J connectivity index is 1.52. The Kier molecular flexibility index (Phi) is 5.49. The van der Waals surface area contributed by atoms with Crippen molar-refractivity contribution in [3.05, 3.63) is 64.2 Å². The Morgan fingerprint density at radius 3 is 2.44 bits per heavy atom. The average Bonchev–Trinajstić information content (AvgIpc) is 2.63. The lowest BCUT2D eigenvalue weighted by Gasteiger charge is -2.36. The van der Waals surface area contributed by atoms with Crippen LogP contribution in [-0.4, -0.2) is 37.1 Å². The van der Waals surface area contributed by atoms with Crippen LogP contribution in [0, 0.1) is 13.8 Å². The quantitative estimate of drug-likeness (QED) is 0.901. The van der Waals surface area contributed by atoms with Gasteiger partial charge >= 0.3 is 6.03 Å². The highest BCUT2D eigenvalue weighted by Gasteiger charge is 2.21. The number of nitrogens with zero attached hydrogens (tertiary/aromatic N) is 2. The summed E-state index contributed by atoms with van der Waals surface area (Å²) >= 11 is 6.13. The van der Waals surface area contributed by atoms with Gasteiger partial charge in [-0.3, -0.25) is 0 Å². The summed E-state index contributed by atoms with van der Waals surface area (Å²) in [4.78, 5) is 16.6. The standard InChI is InChI=1S/C20H24ClN3O/c1-15-7-8-18(13-16(15)2)23-9-11-24(12-10-23)20(25)22-14-17-5-3-4-6-19(17)21/h3-8,13H,9-12,14H2,1-2H3,(H,22,25). The molecule has 25 heavy (non-hydrogen) atoms. The fraction of sp³-hybridized carbons (Fsp3) is 0.350. The number of carbonyl (C=O) groups excluding carboxylic acids is 1. The molecule has 1 saturated heterocycles. The van der Waals surface area contributed by atoms with E-state index in [-0.39, 0.29) is 6.03 Å². The van der Waals surface area contributed by atoms with Crippen LogP contribution >= 0.6 is 11.6 Å². The molecule has 0 saturated carbocycles. The topological polar surface area (TPSA) is 35.6 Å². The second-order valence-corrected chi connectivity index (χ2v) is 6.90. The van der Waals surface area contributed by atoms with Gasteiger partial charge in [0.2, 0.25) is 0 Å². The molecule has 132 valence electrons. The van der Waals surface area contributed by atoms with E-state index in [1.165, 1.54) is 16.8 Å². The number of amides is 2. The minimum absolute atomic E-state index is 0.0281. The molecule has 1 fully saturated rings. The first-order valence-corrected chi connectivity index (χ1v) is 9.01. The predicted octanol–water partition coefficient (Wildman–Crippen LogP) is 3.99. The van der Waals surface area contributed by atoms with Crippen LogP contribution < -0.4 is 10.2 Å². The van der Waals surface area contributed by atoms with E-state index in [9.17, 15) is 4.79 Å². The predicted molar refractivity (Wildman–Crippen MR) is 103 cm³/mol. The van der Waals surface area contributed by atoms with Gasteiger partial charge in [-0.2, -0.15) is 0 Å².